The van der Waals surface area contributed by atoms with Crippen molar-refractivity contribution in [2.24, 2.45) is 5.41 Å². The van der Waals surface area contributed by atoms with Gasteiger partial charge in [-0.2, -0.15) is 0 Å². The first kappa shape index (κ1) is 31.1. The van der Waals surface area contributed by atoms with Crippen LogP contribution in [-0.2, 0) is 5.41 Å². The molecule has 0 saturated heterocycles. The van der Waals surface area contributed by atoms with Crippen LogP contribution in [0.4, 0.5) is 0 Å². The molecule has 246 valence electrons. The Labute approximate surface area is 300 Å². The van der Waals surface area contributed by atoms with Gasteiger partial charge in [0.2, 0.25) is 0 Å². The fourth-order valence-corrected chi connectivity index (χ4v) is 7.98. The molecule has 0 atom stereocenters. The molecule has 3 nitrogen and oxygen atoms in total. The summed E-state index contributed by atoms with van der Waals surface area (Å²) in [5.41, 5.74) is 13.3. The zero-order chi connectivity index (χ0) is 34.7. The lowest BCUT2D eigenvalue weighted by Crippen LogP contribution is -2.14. The van der Waals surface area contributed by atoms with Gasteiger partial charge in [-0.05, 0) is 79.3 Å². The number of nitrogens with zero attached hydrogens (tertiary/aromatic N) is 3. The van der Waals surface area contributed by atoms with E-state index in [9.17, 15) is 0 Å². The van der Waals surface area contributed by atoms with Crippen LogP contribution in [0.25, 0.3) is 72.8 Å². The molecule has 0 aliphatic heterocycles. The summed E-state index contributed by atoms with van der Waals surface area (Å²) >= 11 is 0. The van der Waals surface area contributed by atoms with Crippen molar-refractivity contribution in [2.45, 2.75) is 39.5 Å². The number of fused-ring (bicyclic) bond motifs is 4. The van der Waals surface area contributed by atoms with Crippen molar-refractivity contribution in [3.63, 3.8) is 0 Å². The minimum Gasteiger partial charge on any atom is -0.208 e. The lowest BCUT2D eigenvalue weighted by Gasteiger charge is -2.23. The highest BCUT2D eigenvalue weighted by Crippen LogP contribution is 2.50. The first-order valence-corrected chi connectivity index (χ1v) is 17.8. The van der Waals surface area contributed by atoms with Crippen molar-refractivity contribution in [3.8, 4) is 56.4 Å². The quantitative estimate of drug-likeness (QED) is 0.185. The summed E-state index contributed by atoms with van der Waals surface area (Å²) in [7, 11) is 0. The predicted molar refractivity (Wildman–Crippen MR) is 212 cm³/mol. The molecule has 0 fully saturated rings. The van der Waals surface area contributed by atoms with E-state index in [0.717, 1.165) is 28.5 Å². The van der Waals surface area contributed by atoms with Gasteiger partial charge in [-0.3, -0.25) is 0 Å². The van der Waals surface area contributed by atoms with Crippen LogP contribution in [0.5, 0.6) is 0 Å². The Bertz CT molecular complexity index is 2540. The van der Waals surface area contributed by atoms with Gasteiger partial charge in [-0.25, -0.2) is 15.0 Å². The Morgan fingerprint density at radius 1 is 0.451 bits per heavy atom. The molecular formula is C48H39N3. The topological polar surface area (TPSA) is 38.7 Å². The number of aromatic nitrogens is 3. The van der Waals surface area contributed by atoms with Crippen LogP contribution >= 0.6 is 0 Å². The summed E-state index contributed by atoms with van der Waals surface area (Å²) in [5.74, 6) is 1.98. The lowest BCUT2D eigenvalue weighted by atomic mass is 9.82. The lowest BCUT2D eigenvalue weighted by molar-refractivity contribution is 0.486. The average molecular weight is 658 g/mol. The Morgan fingerprint density at radius 2 is 1.02 bits per heavy atom. The van der Waals surface area contributed by atoms with Crippen LogP contribution in [0.1, 0.15) is 50.8 Å². The van der Waals surface area contributed by atoms with E-state index in [-0.39, 0.29) is 10.8 Å². The predicted octanol–water partition coefficient (Wildman–Crippen LogP) is 12.4. The van der Waals surface area contributed by atoms with Gasteiger partial charge >= 0.3 is 0 Å². The van der Waals surface area contributed by atoms with Gasteiger partial charge < -0.3 is 0 Å². The van der Waals surface area contributed by atoms with Crippen LogP contribution in [0.3, 0.4) is 0 Å². The Morgan fingerprint density at radius 3 is 1.76 bits per heavy atom. The maximum atomic E-state index is 5.15. The summed E-state index contributed by atoms with van der Waals surface area (Å²) in [4.78, 5) is 15.3. The minimum absolute atomic E-state index is 0.0231. The first-order valence-electron chi connectivity index (χ1n) is 17.8. The molecule has 0 amide bonds. The second kappa shape index (κ2) is 11.8. The molecule has 3 heteroatoms. The van der Waals surface area contributed by atoms with Crippen LogP contribution in [0.15, 0.2) is 152 Å². The van der Waals surface area contributed by atoms with E-state index in [0.29, 0.717) is 17.5 Å². The van der Waals surface area contributed by atoms with E-state index in [1.807, 2.05) is 18.2 Å². The van der Waals surface area contributed by atoms with E-state index in [1.165, 1.54) is 49.9 Å². The molecule has 9 rings (SSSR count). The zero-order valence-corrected chi connectivity index (χ0v) is 29.5. The Kier molecular flexibility index (Phi) is 7.22. The zero-order valence-electron chi connectivity index (χ0n) is 29.5. The highest BCUT2D eigenvalue weighted by molar-refractivity contribution is 6.05. The van der Waals surface area contributed by atoms with Crippen LogP contribution in [0.2, 0.25) is 0 Å². The summed E-state index contributed by atoms with van der Waals surface area (Å²) in [6.45, 7) is 9.22. The number of benzene rings is 6. The van der Waals surface area contributed by atoms with E-state index in [1.54, 1.807) is 0 Å². The maximum Gasteiger partial charge on any atom is 0.164 e. The molecule has 0 unspecified atom stereocenters. The van der Waals surface area contributed by atoms with Crippen molar-refractivity contribution >= 4 is 16.3 Å². The second-order valence-corrected chi connectivity index (χ2v) is 15.1. The summed E-state index contributed by atoms with van der Waals surface area (Å²) < 4.78 is 0. The van der Waals surface area contributed by atoms with Crippen molar-refractivity contribution < 1.29 is 0 Å². The third kappa shape index (κ3) is 5.41. The highest BCUT2D eigenvalue weighted by Gasteiger charge is 2.35. The molecule has 0 bridgehead atoms. The molecule has 0 N–H and O–H groups in total. The molecule has 6 aromatic carbocycles. The van der Waals surface area contributed by atoms with E-state index in [2.05, 4.69) is 161 Å². The van der Waals surface area contributed by atoms with E-state index < -0.39 is 0 Å². The third-order valence-corrected chi connectivity index (χ3v) is 10.7. The van der Waals surface area contributed by atoms with Crippen LogP contribution in [-0.4, -0.2) is 15.0 Å². The number of allylic oxidation sites excluding steroid dienone is 4. The maximum absolute atomic E-state index is 5.15. The monoisotopic (exact) mass is 657 g/mol. The van der Waals surface area contributed by atoms with Gasteiger partial charge in [0, 0.05) is 22.1 Å². The normalized spacial score (nSPS) is 15.3. The van der Waals surface area contributed by atoms with Crippen molar-refractivity contribution in [2.75, 3.05) is 0 Å². The SMILES string of the molecule is CC1(C)C=C(c2ccc(-c3nc(-c4ccccc4)nc(-c4ccc(-c5ccc6c(c5)-c5ccccc5C6(C)C)c5ccccc45)n3)cc2)C=CC1. The van der Waals surface area contributed by atoms with Crippen molar-refractivity contribution in [1.82, 2.24) is 15.0 Å². The molecular weight excluding hydrogens is 619 g/mol. The molecule has 1 aromatic heterocycles. The second-order valence-electron chi connectivity index (χ2n) is 15.1. The van der Waals surface area contributed by atoms with Gasteiger partial charge in [0.05, 0.1) is 0 Å². The van der Waals surface area contributed by atoms with E-state index >= 15 is 0 Å². The van der Waals surface area contributed by atoms with E-state index in [4.69, 9.17) is 15.0 Å². The number of rotatable bonds is 5. The smallest absolute Gasteiger partial charge is 0.164 e. The molecule has 1 heterocycles. The van der Waals surface area contributed by atoms with Crippen LogP contribution < -0.4 is 0 Å². The summed E-state index contributed by atoms with van der Waals surface area (Å²) in [5, 5.41) is 2.28. The van der Waals surface area contributed by atoms with Gasteiger partial charge in [0.25, 0.3) is 0 Å². The Balaban J connectivity index is 1.17. The molecule has 0 spiro atoms. The van der Waals surface area contributed by atoms with Gasteiger partial charge in [-0.15, -0.1) is 0 Å². The molecule has 7 aromatic rings. The minimum atomic E-state index is -0.0231. The van der Waals surface area contributed by atoms with Gasteiger partial charge in [-0.1, -0.05) is 167 Å². The van der Waals surface area contributed by atoms with Crippen molar-refractivity contribution in [3.05, 3.63) is 168 Å². The largest absolute Gasteiger partial charge is 0.208 e. The third-order valence-electron chi connectivity index (χ3n) is 10.7. The van der Waals surface area contributed by atoms with Crippen LogP contribution in [0, 0.1) is 5.41 Å². The number of hydrogen-bond donors (Lipinski definition) is 0. The summed E-state index contributed by atoms with van der Waals surface area (Å²) in [6.07, 6.45) is 7.92. The highest BCUT2D eigenvalue weighted by atomic mass is 15.0. The van der Waals surface area contributed by atoms with Gasteiger partial charge in [0.1, 0.15) is 0 Å². The summed E-state index contributed by atoms with van der Waals surface area (Å²) in [6, 6.07) is 47.7. The number of hydrogen-bond acceptors (Lipinski definition) is 3. The first-order chi connectivity index (χ1) is 24.7. The standard InChI is InChI=1S/C48H39N3/c1-47(2)28-12-15-35(30-47)31-20-22-33(23-21-31)45-49-44(32-13-6-5-7-14-32)50-46(51-45)40-26-25-36(37-16-8-9-17-38(37)40)34-24-27-43-41(29-34)39-18-10-11-19-42(39)48(43,3)4/h5-27,29-30H,28H2,1-4H3. The molecule has 0 saturated carbocycles. The fraction of sp³-hybridized carbons (Fsp3) is 0.146. The molecule has 2 aliphatic rings. The molecule has 51 heavy (non-hydrogen) atoms. The average Bonchev–Trinajstić information content (AvgIpc) is 3.39. The Hall–Kier alpha value is -5.93. The fourth-order valence-electron chi connectivity index (χ4n) is 7.98. The van der Waals surface area contributed by atoms with Gasteiger partial charge in [0.15, 0.2) is 17.5 Å². The molecule has 0 radical (unpaired) electrons. The molecule has 2 aliphatic carbocycles. The van der Waals surface area contributed by atoms with Crippen molar-refractivity contribution in [1.29, 1.82) is 0 Å².